The zero-order valence-electron chi connectivity index (χ0n) is 18.0. The molecule has 4 rings (SSSR count). The van der Waals surface area contributed by atoms with E-state index < -0.39 is 0 Å². The van der Waals surface area contributed by atoms with E-state index in [1.54, 1.807) is 0 Å². The van der Waals surface area contributed by atoms with Crippen LogP contribution in [0, 0.1) is 11.8 Å². The van der Waals surface area contributed by atoms with Gasteiger partial charge in [0.2, 0.25) is 5.91 Å². The lowest BCUT2D eigenvalue weighted by Crippen LogP contribution is -2.62. The second-order valence-electron chi connectivity index (χ2n) is 9.32. The van der Waals surface area contributed by atoms with Crippen LogP contribution in [0.3, 0.4) is 0 Å². The number of nitrogens with zero attached hydrogens (tertiary/aromatic N) is 3. The molecule has 0 radical (unpaired) electrons. The predicted molar refractivity (Wildman–Crippen MR) is 112 cm³/mol. The molecule has 0 spiro atoms. The van der Waals surface area contributed by atoms with Crippen molar-refractivity contribution in [2.45, 2.75) is 64.0 Å². The van der Waals surface area contributed by atoms with E-state index in [1.165, 1.54) is 12.8 Å². The van der Waals surface area contributed by atoms with E-state index in [0.717, 1.165) is 71.4 Å². The number of fused-ring (bicyclic) bond motifs is 4. The smallest absolute Gasteiger partial charge is 0.317 e. The van der Waals surface area contributed by atoms with Crippen molar-refractivity contribution in [3.63, 3.8) is 0 Å². The van der Waals surface area contributed by atoms with Gasteiger partial charge in [-0.05, 0) is 57.3 Å². The molecule has 0 aliphatic carbocycles. The Bertz CT molecular complexity index is 578. The van der Waals surface area contributed by atoms with E-state index in [0.29, 0.717) is 43.0 Å². The molecule has 0 aromatic rings. The topological polar surface area (TPSA) is 65.1 Å². The van der Waals surface area contributed by atoms with Crippen LogP contribution in [0.5, 0.6) is 0 Å². The molecule has 2 unspecified atom stereocenters. The third-order valence-corrected chi connectivity index (χ3v) is 7.42. The normalized spacial score (nSPS) is 30.9. The lowest BCUT2D eigenvalue weighted by molar-refractivity contribution is -0.145. The van der Waals surface area contributed by atoms with Gasteiger partial charge in [-0.3, -0.25) is 9.69 Å². The van der Waals surface area contributed by atoms with Crippen LogP contribution in [0.2, 0.25) is 0 Å². The molecule has 164 valence electrons. The van der Waals surface area contributed by atoms with Crippen molar-refractivity contribution in [2.24, 2.45) is 11.8 Å². The van der Waals surface area contributed by atoms with Crippen LogP contribution in [0.15, 0.2) is 0 Å². The van der Waals surface area contributed by atoms with Gasteiger partial charge in [-0.25, -0.2) is 4.79 Å². The summed E-state index contributed by atoms with van der Waals surface area (Å²) in [6, 6.07) is 1.15. The summed E-state index contributed by atoms with van der Waals surface area (Å²) in [5, 5.41) is 3.03. The van der Waals surface area contributed by atoms with E-state index in [4.69, 9.17) is 4.74 Å². The molecule has 3 atom stereocenters. The number of hydrogen-bond acceptors (Lipinski definition) is 4. The van der Waals surface area contributed by atoms with Gasteiger partial charge >= 0.3 is 6.03 Å². The standard InChI is InChI=1S/C22H38N4O3/c1-2-29-12-4-9-23-22(28)24-10-7-19(8-11-24)25-14-17-13-18(16-25)20-5-3-6-21(27)26(20)15-17/h17-20H,2-16H2,1H3,(H,23,28)/t17?,18?,20-/m1/s1. The van der Waals surface area contributed by atoms with Gasteiger partial charge in [-0.2, -0.15) is 0 Å². The highest BCUT2D eigenvalue weighted by Crippen LogP contribution is 2.39. The number of rotatable bonds is 6. The molecule has 7 nitrogen and oxygen atoms in total. The van der Waals surface area contributed by atoms with Gasteiger partial charge in [-0.15, -0.1) is 0 Å². The summed E-state index contributed by atoms with van der Waals surface area (Å²) in [5.41, 5.74) is 0. The maximum atomic E-state index is 12.4. The summed E-state index contributed by atoms with van der Waals surface area (Å²) in [5.74, 6) is 1.68. The van der Waals surface area contributed by atoms with Crippen molar-refractivity contribution >= 4 is 11.9 Å². The maximum Gasteiger partial charge on any atom is 0.317 e. The van der Waals surface area contributed by atoms with Crippen molar-refractivity contribution < 1.29 is 14.3 Å². The fraction of sp³-hybridized carbons (Fsp3) is 0.909. The molecular formula is C22H38N4O3. The van der Waals surface area contributed by atoms with Crippen LogP contribution in [0.25, 0.3) is 0 Å². The number of amides is 3. The molecule has 4 aliphatic heterocycles. The van der Waals surface area contributed by atoms with Gasteiger partial charge in [0, 0.05) is 71.0 Å². The first-order valence-corrected chi connectivity index (χ1v) is 11.8. The van der Waals surface area contributed by atoms with E-state index in [-0.39, 0.29) is 6.03 Å². The Labute approximate surface area is 175 Å². The number of piperidine rings is 4. The molecule has 4 fully saturated rings. The molecule has 4 saturated heterocycles. The van der Waals surface area contributed by atoms with Gasteiger partial charge < -0.3 is 19.9 Å². The quantitative estimate of drug-likeness (QED) is 0.685. The number of carbonyl (C=O) groups is 2. The number of nitrogens with one attached hydrogen (secondary N) is 1. The number of hydrogen-bond donors (Lipinski definition) is 1. The monoisotopic (exact) mass is 406 g/mol. The van der Waals surface area contributed by atoms with Crippen LogP contribution in [0.1, 0.15) is 51.9 Å². The first-order valence-electron chi connectivity index (χ1n) is 11.8. The Morgan fingerprint density at radius 1 is 1.17 bits per heavy atom. The van der Waals surface area contributed by atoms with Crippen LogP contribution in [-0.2, 0) is 9.53 Å². The van der Waals surface area contributed by atoms with Crippen molar-refractivity contribution in [2.75, 3.05) is 52.5 Å². The molecule has 1 N–H and O–H groups in total. The fourth-order valence-electron chi connectivity index (χ4n) is 6.01. The second-order valence-corrected chi connectivity index (χ2v) is 9.32. The molecule has 4 aliphatic rings. The number of carbonyl (C=O) groups excluding carboxylic acids is 2. The Morgan fingerprint density at radius 2 is 2.00 bits per heavy atom. The SMILES string of the molecule is CCOCCCNC(=O)N1CCC(N2CC3CC(C2)[C@H]2CCCC(=O)N2C3)CC1. The van der Waals surface area contributed by atoms with Gasteiger partial charge in [0.25, 0.3) is 0 Å². The molecule has 29 heavy (non-hydrogen) atoms. The zero-order valence-corrected chi connectivity index (χ0v) is 18.0. The third-order valence-electron chi connectivity index (χ3n) is 7.42. The van der Waals surface area contributed by atoms with Crippen molar-refractivity contribution in [1.29, 1.82) is 0 Å². The Kier molecular flexibility index (Phi) is 6.96. The molecular weight excluding hydrogens is 368 g/mol. The average molecular weight is 407 g/mol. The second kappa shape index (κ2) is 9.65. The lowest BCUT2D eigenvalue weighted by atomic mass is 9.75. The number of ether oxygens (including phenoxy) is 1. The molecule has 0 aromatic carbocycles. The molecule has 2 bridgehead atoms. The largest absolute Gasteiger partial charge is 0.382 e. The summed E-state index contributed by atoms with van der Waals surface area (Å²) in [4.78, 5) is 31.6. The summed E-state index contributed by atoms with van der Waals surface area (Å²) < 4.78 is 5.32. The van der Waals surface area contributed by atoms with Gasteiger partial charge in [0.1, 0.15) is 0 Å². The molecule has 0 saturated carbocycles. The molecule has 3 amide bonds. The summed E-state index contributed by atoms with van der Waals surface area (Å²) in [7, 11) is 0. The van der Waals surface area contributed by atoms with E-state index in [2.05, 4.69) is 15.1 Å². The Balaban J connectivity index is 1.22. The maximum absolute atomic E-state index is 12.4. The van der Waals surface area contributed by atoms with Crippen LogP contribution in [0.4, 0.5) is 4.79 Å². The van der Waals surface area contributed by atoms with Gasteiger partial charge in [0.05, 0.1) is 0 Å². The minimum atomic E-state index is 0.0758. The molecule has 4 heterocycles. The number of urea groups is 1. The fourth-order valence-corrected chi connectivity index (χ4v) is 6.01. The van der Waals surface area contributed by atoms with E-state index in [1.807, 2.05) is 11.8 Å². The minimum absolute atomic E-state index is 0.0758. The van der Waals surface area contributed by atoms with Crippen molar-refractivity contribution in [1.82, 2.24) is 20.0 Å². The summed E-state index contributed by atoms with van der Waals surface area (Å²) >= 11 is 0. The van der Waals surface area contributed by atoms with Crippen molar-refractivity contribution in [3.8, 4) is 0 Å². The zero-order chi connectivity index (χ0) is 20.2. The Hall–Kier alpha value is -1.34. The van der Waals surface area contributed by atoms with Gasteiger partial charge in [-0.1, -0.05) is 0 Å². The first-order chi connectivity index (χ1) is 14.2. The molecule has 0 aromatic heterocycles. The van der Waals surface area contributed by atoms with E-state index in [9.17, 15) is 9.59 Å². The van der Waals surface area contributed by atoms with E-state index >= 15 is 0 Å². The predicted octanol–water partition coefficient (Wildman–Crippen LogP) is 1.92. The van der Waals surface area contributed by atoms with Crippen LogP contribution < -0.4 is 5.32 Å². The minimum Gasteiger partial charge on any atom is -0.382 e. The van der Waals surface area contributed by atoms with Gasteiger partial charge in [0.15, 0.2) is 0 Å². The highest BCUT2D eigenvalue weighted by atomic mass is 16.5. The molecule has 7 heteroatoms. The number of likely N-dealkylation sites (tertiary alicyclic amines) is 2. The van der Waals surface area contributed by atoms with Crippen LogP contribution in [-0.4, -0.2) is 91.2 Å². The third kappa shape index (κ3) is 4.88. The lowest BCUT2D eigenvalue weighted by Gasteiger charge is -2.54. The highest BCUT2D eigenvalue weighted by Gasteiger charge is 2.45. The van der Waals surface area contributed by atoms with Crippen molar-refractivity contribution in [3.05, 3.63) is 0 Å². The average Bonchev–Trinajstić information content (AvgIpc) is 2.74. The van der Waals surface area contributed by atoms with Crippen LogP contribution >= 0.6 is 0 Å². The highest BCUT2D eigenvalue weighted by molar-refractivity contribution is 5.77. The first kappa shape index (κ1) is 20.9. The summed E-state index contributed by atoms with van der Waals surface area (Å²) in [6.07, 6.45) is 7.32. The summed E-state index contributed by atoms with van der Waals surface area (Å²) in [6.45, 7) is 9.05. The Morgan fingerprint density at radius 3 is 2.79 bits per heavy atom.